The van der Waals surface area contributed by atoms with Crippen LogP contribution in [0.5, 0.6) is 0 Å². The van der Waals surface area contributed by atoms with Crippen molar-refractivity contribution in [2.24, 2.45) is 0 Å². The zero-order chi connectivity index (χ0) is 11.7. The summed E-state index contributed by atoms with van der Waals surface area (Å²) in [4.78, 5) is 0.250. The summed E-state index contributed by atoms with van der Waals surface area (Å²) in [5.41, 5.74) is 0. The van der Waals surface area contributed by atoms with E-state index in [1.54, 1.807) is 10.8 Å². The van der Waals surface area contributed by atoms with E-state index in [9.17, 15) is 0 Å². The van der Waals surface area contributed by atoms with Crippen molar-refractivity contribution in [3.8, 4) is 0 Å². The van der Waals surface area contributed by atoms with E-state index in [0.717, 1.165) is 12.8 Å². The maximum atomic E-state index is 5.67. The minimum absolute atomic E-state index is 0.250. The smallest absolute Gasteiger partial charge is 0.202 e. The summed E-state index contributed by atoms with van der Waals surface area (Å²) in [7, 11) is 3.10. The molecule has 0 heterocycles. The van der Waals surface area contributed by atoms with Gasteiger partial charge in [-0.1, -0.05) is 35.8 Å². The summed E-state index contributed by atoms with van der Waals surface area (Å²) in [5, 5.41) is 0. The quantitative estimate of drug-likeness (QED) is 0.376. The molecule has 0 aliphatic heterocycles. The van der Waals surface area contributed by atoms with Crippen LogP contribution in [0, 0.1) is 0 Å². The Balaban J connectivity index is 4.56. The second-order valence-electron chi connectivity index (χ2n) is 2.79. The van der Waals surface area contributed by atoms with E-state index in [-0.39, 0.29) is 4.99 Å². The largest absolute Gasteiger partial charge is 0.329 e. The van der Waals surface area contributed by atoms with Crippen LogP contribution in [0.1, 0.15) is 33.6 Å². The van der Waals surface area contributed by atoms with Gasteiger partial charge in [-0.25, -0.2) is 0 Å². The van der Waals surface area contributed by atoms with Crippen molar-refractivity contribution in [1.29, 1.82) is 0 Å². The lowest BCUT2D eigenvalue weighted by Crippen LogP contribution is -2.08. The lowest BCUT2D eigenvalue weighted by Gasteiger charge is -2.28. The first-order valence-electron chi connectivity index (χ1n) is 5.00. The zero-order valence-corrected chi connectivity index (χ0v) is 13.6. The Labute approximate surface area is 111 Å². The number of hydrogen-bond donors (Lipinski definition) is 1. The molecule has 7 heteroatoms. The minimum atomic E-state index is -2.14. The lowest BCUT2D eigenvalue weighted by atomic mass is 10.4. The second-order valence-corrected chi connectivity index (χ2v) is 10.2. The maximum Gasteiger partial charge on any atom is 0.202 e. The third-order valence-electron chi connectivity index (χ3n) is 1.66. The van der Waals surface area contributed by atoms with Crippen molar-refractivity contribution >= 4 is 50.6 Å². The Morgan fingerprint density at radius 1 is 1.27 bits per heavy atom. The Morgan fingerprint density at radius 3 is 2.13 bits per heavy atom. The monoisotopic (exact) mass is 306 g/mol. The van der Waals surface area contributed by atoms with E-state index in [1.807, 2.05) is 13.8 Å². The van der Waals surface area contributed by atoms with Crippen LogP contribution in [0.25, 0.3) is 0 Å². The minimum Gasteiger partial charge on any atom is -0.329 e. The molecule has 0 saturated heterocycles. The number of rotatable bonds is 9. The average molecular weight is 306 g/mol. The standard InChI is InChI=1S/C8H19O2PS4/c1-4-7-8(14-15-13)11(12,9-5-2)10-6-3/h8,13H,4-7H2,1-3H3. The van der Waals surface area contributed by atoms with Crippen LogP contribution in [0.15, 0.2) is 0 Å². The van der Waals surface area contributed by atoms with Crippen LogP contribution in [-0.2, 0) is 20.9 Å². The van der Waals surface area contributed by atoms with Crippen LogP contribution in [0.3, 0.4) is 0 Å². The molecule has 0 fully saturated rings. The van der Waals surface area contributed by atoms with Crippen molar-refractivity contribution in [1.82, 2.24) is 0 Å². The average Bonchev–Trinajstić information content (AvgIpc) is 2.18. The molecule has 0 bridgehead atoms. The SMILES string of the molecule is CCCC(SSS)P(=S)(OCC)OCC. The maximum absolute atomic E-state index is 5.67. The fourth-order valence-electron chi connectivity index (χ4n) is 1.12. The Morgan fingerprint density at radius 2 is 1.80 bits per heavy atom. The van der Waals surface area contributed by atoms with Crippen molar-refractivity contribution in [3.63, 3.8) is 0 Å². The highest BCUT2D eigenvalue weighted by Gasteiger charge is 2.30. The van der Waals surface area contributed by atoms with Crippen molar-refractivity contribution in [2.75, 3.05) is 13.2 Å². The number of hydrogen-bond acceptors (Lipinski definition) is 6. The van der Waals surface area contributed by atoms with Gasteiger partial charge < -0.3 is 9.05 Å². The third-order valence-corrected chi connectivity index (χ3v) is 9.51. The fraction of sp³-hybridized carbons (Fsp3) is 1.00. The van der Waals surface area contributed by atoms with Crippen LogP contribution in [0.2, 0.25) is 0 Å². The molecule has 0 N–H and O–H groups in total. The first-order valence-corrected chi connectivity index (χ1v) is 11.0. The fourth-order valence-corrected chi connectivity index (χ4v) is 9.40. The van der Waals surface area contributed by atoms with Crippen molar-refractivity contribution in [3.05, 3.63) is 0 Å². The van der Waals surface area contributed by atoms with Crippen LogP contribution < -0.4 is 0 Å². The summed E-state index contributed by atoms with van der Waals surface area (Å²) < 4.78 is 11.3. The van der Waals surface area contributed by atoms with Gasteiger partial charge in [-0.2, -0.15) is 0 Å². The van der Waals surface area contributed by atoms with Gasteiger partial charge in [0.05, 0.1) is 18.2 Å². The van der Waals surface area contributed by atoms with Crippen LogP contribution in [0.4, 0.5) is 0 Å². The highest BCUT2D eigenvalue weighted by Crippen LogP contribution is 2.61. The summed E-state index contributed by atoms with van der Waals surface area (Å²) >= 11 is 9.71. The van der Waals surface area contributed by atoms with Crippen molar-refractivity contribution < 1.29 is 9.05 Å². The second kappa shape index (κ2) is 9.63. The first-order chi connectivity index (χ1) is 7.14. The van der Waals surface area contributed by atoms with E-state index in [2.05, 4.69) is 18.6 Å². The van der Waals surface area contributed by atoms with Gasteiger partial charge in [0.1, 0.15) is 0 Å². The van der Waals surface area contributed by atoms with Gasteiger partial charge in [0.2, 0.25) is 6.49 Å². The molecule has 0 amide bonds. The van der Waals surface area contributed by atoms with E-state index in [4.69, 9.17) is 20.9 Å². The summed E-state index contributed by atoms with van der Waals surface area (Å²) in [5.74, 6) is 0. The molecule has 2 nitrogen and oxygen atoms in total. The molecule has 0 aromatic carbocycles. The normalized spacial score (nSPS) is 14.1. The van der Waals surface area contributed by atoms with Gasteiger partial charge in [0.15, 0.2) is 0 Å². The summed E-state index contributed by atoms with van der Waals surface area (Å²) in [6.45, 7) is 5.17. The van der Waals surface area contributed by atoms with E-state index in [1.165, 1.54) is 9.83 Å². The van der Waals surface area contributed by atoms with Gasteiger partial charge in [0, 0.05) is 0 Å². The molecule has 0 rings (SSSR count). The molecule has 15 heavy (non-hydrogen) atoms. The lowest BCUT2D eigenvalue weighted by molar-refractivity contribution is 0.264. The Kier molecular flexibility index (Phi) is 10.7. The molecule has 0 saturated carbocycles. The molecule has 1 atom stereocenters. The molecule has 1 unspecified atom stereocenters. The molecular formula is C8H19O2PS4. The molecule has 92 valence electrons. The molecule has 0 radical (unpaired) electrons. The number of thiol groups is 1. The van der Waals surface area contributed by atoms with Gasteiger partial charge in [-0.3, -0.25) is 0 Å². The van der Waals surface area contributed by atoms with Crippen LogP contribution in [-0.4, -0.2) is 18.2 Å². The first kappa shape index (κ1) is 16.6. The summed E-state index contributed by atoms with van der Waals surface area (Å²) in [6, 6.07) is 0. The van der Waals surface area contributed by atoms with Gasteiger partial charge >= 0.3 is 0 Å². The molecule has 0 aromatic heterocycles. The molecule has 0 aromatic rings. The van der Waals surface area contributed by atoms with Gasteiger partial charge in [-0.05, 0) is 41.9 Å². The van der Waals surface area contributed by atoms with E-state index >= 15 is 0 Å². The highest BCUT2D eigenvalue weighted by molar-refractivity contribution is 9.06. The molecule has 0 aliphatic carbocycles. The topological polar surface area (TPSA) is 18.5 Å². The van der Waals surface area contributed by atoms with Crippen LogP contribution >= 0.6 is 38.8 Å². The van der Waals surface area contributed by atoms with E-state index < -0.39 is 6.49 Å². The summed E-state index contributed by atoms with van der Waals surface area (Å²) in [6.07, 6.45) is 2.11. The predicted molar refractivity (Wildman–Crippen MR) is 80.4 cm³/mol. The zero-order valence-electron chi connectivity index (χ0n) is 9.34. The molecule has 0 spiro atoms. The third kappa shape index (κ3) is 6.20. The van der Waals surface area contributed by atoms with Crippen molar-refractivity contribution in [2.45, 2.75) is 38.6 Å². The molecular weight excluding hydrogens is 287 g/mol. The predicted octanol–water partition coefficient (Wildman–Crippen LogP) is 4.72. The van der Waals surface area contributed by atoms with E-state index in [0.29, 0.717) is 13.2 Å². The van der Waals surface area contributed by atoms with Gasteiger partial charge in [-0.15, -0.1) is 0 Å². The highest BCUT2D eigenvalue weighted by atomic mass is 33.5. The molecule has 0 aliphatic rings. The Bertz CT molecular complexity index is 187. The Hall–Kier alpha value is 1.62. The van der Waals surface area contributed by atoms with Gasteiger partial charge in [0.25, 0.3) is 0 Å².